The Hall–Kier alpha value is -1.16. The van der Waals surface area contributed by atoms with Crippen molar-refractivity contribution >= 4 is 5.69 Å². The number of hydrogen-bond donors (Lipinski definition) is 1. The second kappa shape index (κ2) is 4.78. The van der Waals surface area contributed by atoms with E-state index in [1.807, 2.05) is 12.1 Å². The smallest absolute Gasteiger partial charge is 0.257 e. The van der Waals surface area contributed by atoms with Crippen molar-refractivity contribution in [3.8, 4) is 0 Å². The van der Waals surface area contributed by atoms with E-state index in [9.17, 15) is 8.78 Å². The summed E-state index contributed by atoms with van der Waals surface area (Å²) in [5.74, 6) is 0. The van der Waals surface area contributed by atoms with Crippen LogP contribution in [0.15, 0.2) is 24.3 Å². The molecule has 2 rings (SSSR count). The lowest BCUT2D eigenvalue weighted by atomic mass is 10.1. The number of rotatable bonds is 3. The van der Waals surface area contributed by atoms with Crippen LogP contribution in [-0.4, -0.2) is 19.5 Å². The Balaban J connectivity index is 2.09. The molecule has 1 aliphatic heterocycles. The minimum absolute atomic E-state index is 0.498. The second-order valence-corrected chi connectivity index (χ2v) is 4.15. The highest BCUT2D eigenvalue weighted by atomic mass is 19.3. The first kappa shape index (κ1) is 11.3. The maximum absolute atomic E-state index is 12.4. The number of halogens is 2. The Kier molecular flexibility index (Phi) is 3.39. The molecule has 1 atom stereocenters. The average molecular weight is 226 g/mol. The summed E-state index contributed by atoms with van der Waals surface area (Å²) < 4.78 is 24.8. The van der Waals surface area contributed by atoms with E-state index in [-0.39, 0.29) is 0 Å². The van der Waals surface area contributed by atoms with E-state index in [1.54, 1.807) is 12.1 Å². The van der Waals surface area contributed by atoms with Crippen LogP contribution >= 0.6 is 0 Å². The first-order chi connectivity index (χ1) is 7.68. The molecule has 0 saturated carbocycles. The third-order valence-electron chi connectivity index (χ3n) is 3.02. The van der Waals surface area contributed by atoms with Crippen LogP contribution in [0, 0.1) is 0 Å². The van der Waals surface area contributed by atoms with Gasteiger partial charge in [-0.3, -0.25) is 0 Å². The predicted molar refractivity (Wildman–Crippen MR) is 60.8 cm³/mol. The molecule has 1 saturated heterocycles. The Morgan fingerprint density at radius 2 is 1.62 bits per heavy atom. The summed E-state index contributed by atoms with van der Waals surface area (Å²) in [6.07, 6.45) is -0.0889. The van der Waals surface area contributed by atoms with Gasteiger partial charge in [-0.1, -0.05) is 12.1 Å². The Morgan fingerprint density at radius 3 is 2.12 bits per heavy atom. The van der Waals surface area contributed by atoms with Gasteiger partial charge in [0.1, 0.15) is 0 Å². The lowest BCUT2D eigenvalue weighted by Gasteiger charge is -2.18. The number of hydrogen-bond acceptors (Lipinski definition) is 2. The van der Waals surface area contributed by atoms with E-state index in [2.05, 4.69) is 4.90 Å². The van der Waals surface area contributed by atoms with Gasteiger partial charge in [0.2, 0.25) is 0 Å². The zero-order valence-electron chi connectivity index (χ0n) is 9.07. The molecule has 2 nitrogen and oxygen atoms in total. The van der Waals surface area contributed by atoms with Crippen LogP contribution in [-0.2, 0) is 0 Å². The van der Waals surface area contributed by atoms with E-state index in [0.717, 1.165) is 18.8 Å². The maximum Gasteiger partial charge on any atom is 0.257 e. The number of alkyl halides is 2. The molecule has 0 amide bonds. The Morgan fingerprint density at radius 1 is 1.06 bits per heavy atom. The first-order valence-corrected chi connectivity index (χ1v) is 5.57. The van der Waals surface area contributed by atoms with Crippen molar-refractivity contribution in [1.29, 1.82) is 0 Å². The van der Waals surface area contributed by atoms with Crippen molar-refractivity contribution in [2.75, 3.05) is 18.0 Å². The lowest BCUT2D eigenvalue weighted by molar-refractivity contribution is 0.116. The van der Waals surface area contributed by atoms with Gasteiger partial charge in [-0.15, -0.1) is 0 Å². The largest absolute Gasteiger partial charge is 0.372 e. The maximum atomic E-state index is 12.4. The third-order valence-corrected chi connectivity index (χ3v) is 3.02. The molecular formula is C12H16F2N2. The molecule has 1 aromatic carbocycles. The molecule has 0 spiro atoms. The molecule has 1 aliphatic rings. The third kappa shape index (κ3) is 2.32. The first-order valence-electron chi connectivity index (χ1n) is 5.57. The Labute approximate surface area is 94.0 Å². The Bertz CT molecular complexity index is 310. The molecule has 88 valence electrons. The topological polar surface area (TPSA) is 29.3 Å². The quantitative estimate of drug-likeness (QED) is 0.858. The average Bonchev–Trinajstić information content (AvgIpc) is 2.81. The number of benzene rings is 1. The summed E-state index contributed by atoms with van der Waals surface area (Å²) in [6, 6.07) is 5.98. The summed E-state index contributed by atoms with van der Waals surface area (Å²) in [6.45, 7) is 2.11. The molecular weight excluding hydrogens is 210 g/mol. The standard InChI is InChI=1S/C12H16F2N2/c13-12(14)11(15)9-3-5-10(6-4-9)16-7-1-2-8-16/h3-6,11-12H,1-2,7-8,15H2/t11-/m1/s1. The van der Waals surface area contributed by atoms with Crippen molar-refractivity contribution in [3.05, 3.63) is 29.8 Å². The SMILES string of the molecule is N[C@H](c1ccc(N2CCCC2)cc1)C(F)F. The molecule has 0 aliphatic carbocycles. The normalized spacial score (nSPS) is 18.1. The lowest BCUT2D eigenvalue weighted by Crippen LogP contribution is -2.20. The fourth-order valence-electron chi connectivity index (χ4n) is 2.03. The molecule has 4 heteroatoms. The number of nitrogens with two attached hydrogens (primary N) is 1. The molecule has 2 N–H and O–H groups in total. The minimum Gasteiger partial charge on any atom is -0.372 e. The molecule has 1 aromatic rings. The minimum atomic E-state index is -2.50. The molecule has 0 radical (unpaired) electrons. The highest BCUT2D eigenvalue weighted by Gasteiger charge is 2.18. The molecule has 16 heavy (non-hydrogen) atoms. The van der Waals surface area contributed by atoms with Gasteiger partial charge in [0.25, 0.3) is 6.43 Å². The number of anilines is 1. The van der Waals surface area contributed by atoms with Gasteiger partial charge in [-0.25, -0.2) is 8.78 Å². The van der Waals surface area contributed by atoms with Gasteiger partial charge >= 0.3 is 0 Å². The van der Waals surface area contributed by atoms with Gasteiger partial charge < -0.3 is 10.6 Å². The van der Waals surface area contributed by atoms with Gasteiger partial charge in [0, 0.05) is 18.8 Å². The number of nitrogens with zero attached hydrogens (tertiary/aromatic N) is 1. The van der Waals surface area contributed by atoms with Crippen molar-refractivity contribution < 1.29 is 8.78 Å². The van der Waals surface area contributed by atoms with Crippen LogP contribution in [0.2, 0.25) is 0 Å². The summed E-state index contributed by atoms with van der Waals surface area (Å²) in [4.78, 5) is 2.26. The van der Waals surface area contributed by atoms with Gasteiger partial charge in [-0.05, 0) is 30.5 Å². The highest BCUT2D eigenvalue weighted by Crippen LogP contribution is 2.24. The summed E-state index contributed by atoms with van der Waals surface area (Å²) in [5.41, 5.74) is 6.98. The summed E-state index contributed by atoms with van der Waals surface area (Å²) in [5, 5.41) is 0. The van der Waals surface area contributed by atoms with Crippen LogP contribution in [0.1, 0.15) is 24.4 Å². The highest BCUT2D eigenvalue weighted by molar-refractivity contribution is 5.48. The van der Waals surface area contributed by atoms with Crippen LogP contribution in [0.3, 0.4) is 0 Å². The summed E-state index contributed by atoms with van der Waals surface area (Å²) >= 11 is 0. The van der Waals surface area contributed by atoms with Crippen molar-refractivity contribution in [1.82, 2.24) is 0 Å². The molecule has 0 aromatic heterocycles. The van der Waals surface area contributed by atoms with E-state index in [0.29, 0.717) is 5.56 Å². The molecule has 0 bridgehead atoms. The van der Waals surface area contributed by atoms with Gasteiger partial charge in [0.15, 0.2) is 0 Å². The van der Waals surface area contributed by atoms with E-state index < -0.39 is 12.5 Å². The summed E-state index contributed by atoms with van der Waals surface area (Å²) in [7, 11) is 0. The monoisotopic (exact) mass is 226 g/mol. The fourth-order valence-corrected chi connectivity index (χ4v) is 2.03. The zero-order valence-corrected chi connectivity index (χ0v) is 9.07. The van der Waals surface area contributed by atoms with Gasteiger partial charge in [0.05, 0.1) is 6.04 Å². The van der Waals surface area contributed by atoms with Crippen LogP contribution in [0.5, 0.6) is 0 Å². The fraction of sp³-hybridized carbons (Fsp3) is 0.500. The van der Waals surface area contributed by atoms with E-state index in [4.69, 9.17) is 5.73 Å². The van der Waals surface area contributed by atoms with Crippen molar-refractivity contribution in [2.45, 2.75) is 25.3 Å². The molecule has 0 unspecified atom stereocenters. The van der Waals surface area contributed by atoms with Gasteiger partial charge in [-0.2, -0.15) is 0 Å². The predicted octanol–water partition coefficient (Wildman–Crippen LogP) is 2.55. The zero-order chi connectivity index (χ0) is 11.5. The van der Waals surface area contributed by atoms with Crippen LogP contribution in [0.4, 0.5) is 14.5 Å². The van der Waals surface area contributed by atoms with Crippen LogP contribution < -0.4 is 10.6 Å². The van der Waals surface area contributed by atoms with E-state index in [1.165, 1.54) is 12.8 Å². The van der Waals surface area contributed by atoms with E-state index >= 15 is 0 Å². The second-order valence-electron chi connectivity index (χ2n) is 4.15. The van der Waals surface area contributed by atoms with Crippen LogP contribution in [0.25, 0.3) is 0 Å². The van der Waals surface area contributed by atoms with Crippen molar-refractivity contribution in [3.63, 3.8) is 0 Å². The molecule has 1 heterocycles. The molecule has 1 fully saturated rings. The van der Waals surface area contributed by atoms with Crippen molar-refractivity contribution in [2.24, 2.45) is 5.73 Å².